The summed E-state index contributed by atoms with van der Waals surface area (Å²) < 4.78 is 5.92. The lowest BCUT2D eigenvalue weighted by atomic mass is 9.62. The fourth-order valence-electron chi connectivity index (χ4n) is 4.24. The first kappa shape index (κ1) is 20.2. The van der Waals surface area contributed by atoms with E-state index in [1.807, 2.05) is 12.1 Å². The lowest BCUT2D eigenvalue weighted by Gasteiger charge is -2.46. The fourth-order valence-corrected chi connectivity index (χ4v) is 4.24. The first-order valence-electron chi connectivity index (χ1n) is 9.35. The minimum absolute atomic E-state index is 0.231. The molecule has 0 aliphatic rings. The van der Waals surface area contributed by atoms with Crippen molar-refractivity contribution in [2.24, 2.45) is 5.92 Å². The van der Waals surface area contributed by atoms with E-state index in [9.17, 15) is 4.79 Å². The molecular weight excluding hydrogens is 322 g/mol. The van der Waals surface area contributed by atoms with Crippen LogP contribution < -0.4 is 0 Å². The van der Waals surface area contributed by atoms with Gasteiger partial charge < -0.3 is 9.64 Å². The molecule has 2 aromatic rings. The molecular formula is C23H31NO2. The number of carbonyl (C=O) groups excluding carboxylic acids is 1. The van der Waals surface area contributed by atoms with E-state index in [4.69, 9.17) is 4.74 Å². The van der Waals surface area contributed by atoms with Gasteiger partial charge in [-0.3, -0.25) is 4.79 Å². The van der Waals surface area contributed by atoms with E-state index in [0.717, 1.165) is 13.0 Å². The minimum Gasteiger partial charge on any atom is -0.461 e. The second kappa shape index (κ2) is 9.00. The zero-order chi connectivity index (χ0) is 19.2. The molecule has 0 aliphatic carbocycles. The van der Waals surface area contributed by atoms with Gasteiger partial charge in [-0.1, -0.05) is 74.5 Å². The van der Waals surface area contributed by atoms with Crippen LogP contribution in [-0.2, 0) is 14.9 Å². The summed E-state index contributed by atoms with van der Waals surface area (Å²) in [5.74, 6) is 0.0109. The second-order valence-corrected chi connectivity index (χ2v) is 7.27. The number of ether oxygens (including phenoxy) is 1. The Kier molecular flexibility index (Phi) is 6.98. The molecule has 26 heavy (non-hydrogen) atoms. The lowest BCUT2D eigenvalue weighted by molar-refractivity contribution is -0.150. The van der Waals surface area contributed by atoms with Crippen molar-refractivity contribution in [1.82, 2.24) is 4.90 Å². The summed E-state index contributed by atoms with van der Waals surface area (Å²) in [6.07, 6.45) is 0.515. The van der Waals surface area contributed by atoms with Crippen LogP contribution in [0.1, 0.15) is 38.3 Å². The Labute approximate surface area is 158 Å². The second-order valence-electron chi connectivity index (χ2n) is 7.27. The van der Waals surface area contributed by atoms with Crippen LogP contribution in [0.15, 0.2) is 60.7 Å². The molecule has 2 atom stereocenters. The molecule has 0 unspecified atom stereocenters. The maximum atomic E-state index is 11.9. The van der Waals surface area contributed by atoms with Gasteiger partial charge in [0.15, 0.2) is 0 Å². The van der Waals surface area contributed by atoms with Crippen LogP contribution >= 0.6 is 0 Å². The highest BCUT2D eigenvalue weighted by Crippen LogP contribution is 2.45. The van der Waals surface area contributed by atoms with E-state index in [2.05, 4.69) is 81.4 Å². The Morgan fingerprint density at radius 2 is 1.46 bits per heavy atom. The van der Waals surface area contributed by atoms with Gasteiger partial charge in [0.2, 0.25) is 0 Å². The number of hydrogen-bond acceptors (Lipinski definition) is 3. The zero-order valence-corrected chi connectivity index (χ0v) is 16.6. The van der Waals surface area contributed by atoms with Crippen molar-refractivity contribution in [2.45, 2.75) is 38.7 Å². The van der Waals surface area contributed by atoms with Gasteiger partial charge in [0.25, 0.3) is 0 Å². The first-order chi connectivity index (χ1) is 12.4. The number of nitrogens with zero attached hydrogens (tertiary/aromatic N) is 1. The summed E-state index contributed by atoms with van der Waals surface area (Å²) in [6.45, 7) is 6.74. The van der Waals surface area contributed by atoms with E-state index in [-0.39, 0.29) is 18.0 Å². The van der Waals surface area contributed by atoms with Gasteiger partial charge in [0, 0.05) is 13.5 Å². The molecule has 3 nitrogen and oxygen atoms in total. The Morgan fingerprint density at radius 1 is 1.00 bits per heavy atom. The average Bonchev–Trinajstić information content (AvgIpc) is 2.62. The van der Waals surface area contributed by atoms with Gasteiger partial charge in [-0.05, 0) is 37.6 Å². The van der Waals surface area contributed by atoms with Crippen LogP contribution in [0.25, 0.3) is 0 Å². The van der Waals surface area contributed by atoms with Crippen LogP contribution in [0.4, 0.5) is 0 Å². The SMILES string of the molecule is CC[C@H](OC(C)=O)C(c1ccccc1)(c1ccccc1)[C@H](C)CN(C)C. The van der Waals surface area contributed by atoms with Gasteiger partial charge >= 0.3 is 5.97 Å². The Hall–Kier alpha value is -2.13. The van der Waals surface area contributed by atoms with Gasteiger partial charge in [0.05, 0.1) is 5.41 Å². The van der Waals surface area contributed by atoms with E-state index >= 15 is 0 Å². The highest BCUT2D eigenvalue weighted by atomic mass is 16.5. The first-order valence-corrected chi connectivity index (χ1v) is 9.35. The number of rotatable bonds is 8. The van der Waals surface area contributed by atoms with Crippen LogP contribution in [-0.4, -0.2) is 37.6 Å². The number of hydrogen-bond donors (Lipinski definition) is 0. The van der Waals surface area contributed by atoms with E-state index < -0.39 is 5.41 Å². The average molecular weight is 354 g/mol. The topological polar surface area (TPSA) is 29.5 Å². The molecule has 0 bridgehead atoms. The van der Waals surface area contributed by atoms with Crippen molar-refractivity contribution in [2.75, 3.05) is 20.6 Å². The third-order valence-electron chi connectivity index (χ3n) is 5.11. The van der Waals surface area contributed by atoms with Gasteiger partial charge in [-0.15, -0.1) is 0 Å². The fraction of sp³-hybridized carbons (Fsp3) is 0.435. The van der Waals surface area contributed by atoms with Crippen LogP contribution in [0.2, 0.25) is 0 Å². The molecule has 0 saturated heterocycles. The predicted octanol–water partition coefficient (Wildman–Crippen LogP) is 4.51. The summed E-state index contributed by atoms with van der Waals surface area (Å²) in [6, 6.07) is 21.0. The lowest BCUT2D eigenvalue weighted by Crippen LogP contribution is -2.50. The summed E-state index contributed by atoms with van der Waals surface area (Å²) in [5, 5.41) is 0. The molecule has 0 radical (unpaired) electrons. The normalized spacial score (nSPS) is 14.1. The maximum Gasteiger partial charge on any atom is 0.302 e. The van der Waals surface area contributed by atoms with E-state index in [0.29, 0.717) is 0 Å². The smallest absolute Gasteiger partial charge is 0.302 e. The van der Waals surface area contributed by atoms with Crippen molar-refractivity contribution in [3.8, 4) is 0 Å². The molecule has 0 amide bonds. The van der Waals surface area contributed by atoms with Crippen LogP contribution in [0.5, 0.6) is 0 Å². The van der Waals surface area contributed by atoms with Crippen LogP contribution in [0.3, 0.4) is 0 Å². The Bertz CT molecular complexity index is 642. The minimum atomic E-state index is -0.410. The van der Waals surface area contributed by atoms with Crippen molar-refractivity contribution < 1.29 is 9.53 Å². The quantitative estimate of drug-likeness (QED) is 0.654. The number of carbonyl (C=O) groups is 1. The molecule has 0 aromatic heterocycles. The van der Waals surface area contributed by atoms with Crippen molar-refractivity contribution in [3.05, 3.63) is 71.8 Å². The van der Waals surface area contributed by atoms with Gasteiger partial charge in [-0.2, -0.15) is 0 Å². The summed E-state index contributed by atoms with van der Waals surface area (Å²) in [4.78, 5) is 14.1. The maximum absolute atomic E-state index is 11.9. The summed E-state index contributed by atoms with van der Waals surface area (Å²) >= 11 is 0. The predicted molar refractivity (Wildman–Crippen MR) is 107 cm³/mol. The number of benzene rings is 2. The molecule has 0 saturated carbocycles. The summed E-state index contributed by atoms with van der Waals surface area (Å²) in [7, 11) is 4.17. The van der Waals surface area contributed by atoms with Crippen molar-refractivity contribution >= 4 is 5.97 Å². The Morgan fingerprint density at radius 3 is 1.81 bits per heavy atom. The molecule has 0 fully saturated rings. The summed E-state index contributed by atoms with van der Waals surface area (Å²) in [5.41, 5.74) is 1.97. The molecule has 140 valence electrons. The molecule has 0 spiro atoms. The highest BCUT2D eigenvalue weighted by molar-refractivity contribution is 5.66. The third kappa shape index (κ3) is 4.16. The Balaban J connectivity index is 2.76. The van der Waals surface area contributed by atoms with E-state index in [1.54, 1.807) is 0 Å². The highest BCUT2D eigenvalue weighted by Gasteiger charge is 2.47. The number of esters is 1. The van der Waals surface area contributed by atoms with Crippen LogP contribution in [0, 0.1) is 5.92 Å². The van der Waals surface area contributed by atoms with E-state index in [1.165, 1.54) is 18.1 Å². The zero-order valence-electron chi connectivity index (χ0n) is 16.6. The van der Waals surface area contributed by atoms with Gasteiger partial charge in [0.1, 0.15) is 6.10 Å². The molecule has 2 rings (SSSR count). The molecule has 0 N–H and O–H groups in total. The molecule has 3 heteroatoms. The molecule has 0 heterocycles. The van der Waals surface area contributed by atoms with Crippen molar-refractivity contribution in [1.29, 1.82) is 0 Å². The van der Waals surface area contributed by atoms with Crippen molar-refractivity contribution in [3.63, 3.8) is 0 Å². The largest absolute Gasteiger partial charge is 0.461 e. The standard InChI is InChI=1S/C23H31NO2/c1-6-22(26-19(3)25)23(18(2)17-24(4)5,20-13-9-7-10-14-20)21-15-11-8-12-16-21/h7-16,18,22H,6,17H2,1-5H3/t18-,22+/m1/s1. The van der Waals surface area contributed by atoms with Gasteiger partial charge in [-0.25, -0.2) is 0 Å². The monoisotopic (exact) mass is 353 g/mol. The third-order valence-corrected chi connectivity index (χ3v) is 5.11. The molecule has 2 aromatic carbocycles. The molecule has 0 aliphatic heterocycles.